The Bertz CT molecular complexity index is 341. The van der Waals surface area contributed by atoms with Gasteiger partial charge in [0.2, 0.25) is 0 Å². The molecular formula is C20H36O10. The highest BCUT2D eigenvalue weighted by Crippen LogP contribution is 1.86. The van der Waals surface area contributed by atoms with E-state index < -0.39 is 11.9 Å². The molecule has 0 bridgehead atoms. The van der Waals surface area contributed by atoms with Gasteiger partial charge in [0.15, 0.2) is 0 Å². The molecule has 6 heterocycles. The molecule has 6 rings (SSSR count). The summed E-state index contributed by atoms with van der Waals surface area (Å²) in [5.41, 5.74) is 0.352. The van der Waals surface area contributed by atoms with Crippen LogP contribution in [0.4, 0.5) is 0 Å². The summed E-state index contributed by atoms with van der Waals surface area (Å²) in [6.45, 7) is 21.2. The molecule has 10 heteroatoms. The minimum atomic E-state index is -0.935. The summed E-state index contributed by atoms with van der Waals surface area (Å²) in [7, 11) is 0. The van der Waals surface area contributed by atoms with E-state index in [-0.39, 0.29) is 11.1 Å². The van der Waals surface area contributed by atoms with Gasteiger partial charge in [0.1, 0.15) is 0 Å². The lowest BCUT2D eigenvalue weighted by molar-refractivity contribution is -0.133. The highest BCUT2D eigenvalue weighted by atomic mass is 16.6. The molecule has 0 aromatic heterocycles. The molecule has 30 heavy (non-hydrogen) atoms. The van der Waals surface area contributed by atoms with Gasteiger partial charge in [-0.15, -0.1) is 0 Å². The number of hydrogen-bond acceptors (Lipinski definition) is 8. The molecule has 0 aromatic rings. The number of rotatable bonds is 2. The first-order valence-corrected chi connectivity index (χ1v) is 9.53. The van der Waals surface area contributed by atoms with Gasteiger partial charge in [-0.2, -0.15) is 0 Å². The fourth-order valence-corrected chi connectivity index (χ4v) is 0. The van der Waals surface area contributed by atoms with Gasteiger partial charge in [-0.05, 0) is 13.8 Å². The summed E-state index contributed by atoms with van der Waals surface area (Å²) in [5.74, 6) is -1.87. The second-order valence-electron chi connectivity index (χ2n) is 5.85. The molecule has 10 nitrogen and oxygen atoms in total. The van der Waals surface area contributed by atoms with Crippen molar-refractivity contribution in [3.05, 3.63) is 24.3 Å². The fraction of sp³-hybridized carbons (Fsp3) is 0.700. The molecule has 6 saturated heterocycles. The zero-order valence-corrected chi connectivity index (χ0v) is 18.1. The topological polar surface area (TPSA) is 150 Å². The van der Waals surface area contributed by atoms with Crippen LogP contribution in [0.25, 0.3) is 0 Å². The van der Waals surface area contributed by atoms with E-state index in [4.69, 9.17) is 10.2 Å². The van der Waals surface area contributed by atoms with Crippen molar-refractivity contribution in [1.82, 2.24) is 0 Å². The third-order valence-electron chi connectivity index (χ3n) is 1.95. The van der Waals surface area contributed by atoms with Gasteiger partial charge in [0.05, 0.1) is 79.3 Å². The number of carboxylic acid groups (broad SMARTS) is 2. The number of ether oxygens (including phenoxy) is 6. The van der Waals surface area contributed by atoms with E-state index in [1.54, 1.807) is 0 Å². The maximum Gasteiger partial charge on any atom is 0.330 e. The van der Waals surface area contributed by atoms with Crippen LogP contribution in [0.3, 0.4) is 0 Å². The maximum atomic E-state index is 9.60. The lowest BCUT2D eigenvalue weighted by atomic mass is 10.4. The average Bonchev–Trinajstić information content (AvgIpc) is 3.62. The Kier molecular flexibility index (Phi) is 23.8. The standard InChI is InChI=1S/2C4H6O2.6C2H4O/c2*1-3(2)4(5)6;6*1-2-3-1/h2*1H2,2H3,(H,5,6);6*1-2H2. The van der Waals surface area contributed by atoms with E-state index in [1.807, 2.05) is 0 Å². The Hall–Kier alpha value is -1.82. The van der Waals surface area contributed by atoms with Crippen molar-refractivity contribution in [1.29, 1.82) is 0 Å². The smallest absolute Gasteiger partial charge is 0.330 e. The molecule has 0 amide bonds. The van der Waals surface area contributed by atoms with Crippen LogP contribution >= 0.6 is 0 Å². The summed E-state index contributed by atoms with van der Waals surface area (Å²) in [4.78, 5) is 19.2. The SMILES string of the molecule is C1CO1.C1CO1.C1CO1.C1CO1.C1CO1.C1CO1.C=C(C)C(=O)O.C=C(C)C(=O)O. The molecule has 6 aliphatic heterocycles. The molecule has 0 atom stereocenters. The molecule has 0 unspecified atom stereocenters. The summed E-state index contributed by atoms with van der Waals surface area (Å²) < 4.78 is 27.0. The molecule has 0 aliphatic carbocycles. The van der Waals surface area contributed by atoms with Crippen LogP contribution in [0.15, 0.2) is 24.3 Å². The highest BCUT2D eigenvalue weighted by molar-refractivity contribution is 5.85. The van der Waals surface area contributed by atoms with Gasteiger partial charge < -0.3 is 38.6 Å². The summed E-state index contributed by atoms with van der Waals surface area (Å²) in [6.07, 6.45) is 0. The number of aliphatic carboxylic acids is 2. The van der Waals surface area contributed by atoms with Crippen LogP contribution in [0.1, 0.15) is 13.8 Å². The Labute approximate surface area is 178 Å². The number of hydrogen-bond donors (Lipinski definition) is 2. The van der Waals surface area contributed by atoms with Gasteiger partial charge in [0, 0.05) is 11.1 Å². The van der Waals surface area contributed by atoms with Crippen molar-refractivity contribution in [2.75, 3.05) is 79.3 Å². The lowest BCUT2D eigenvalue weighted by Gasteiger charge is -1.79. The van der Waals surface area contributed by atoms with Gasteiger partial charge >= 0.3 is 11.9 Å². The molecule has 6 aliphatic rings. The largest absolute Gasteiger partial charge is 0.478 e. The van der Waals surface area contributed by atoms with Gasteiger partial charge in [0.25, 0.3) is 0 Å². The van der Waals surface area contributed by atoms with Crippen molar-refractivity contribution in [3.8, 4) is 0 Å². The average molecular weight is 436 g/mol. The van der Waals surface area contributed by atoms with Crippen molar-refractivity contribution in [3.63, 3.8) is 0 Å². The third kappa shape index (κ3) is 112. The first kappa shape index (κ1) is 30.4. The monoisotopic (exact) mass is 436 g/mol. The van der Waals surface area contributed by atoms with E-state index in [1.165, 1.54) is 13.8 Å². The first-order valence-electron chi connectivity index (χ1n) is 9.53. The molecule has 6 fully saturated rings. The van der Waals surface area contributed by atoms with E-state index in [0.717, 1.165) is 79.3 Å². The van der Waals surface area contributed by atoms with Crippen LogP contribution in [-0.2, 0) is 38.0 Å². The molecule has 2 N–H and O–H groups in total. The predicted octanol–water partition coefficient (Wildman–Crippen LogP) is 1.39. The molecule has 0 spiro atoms. The fourth-order valence-electron chi connectivity index (χ4n) is 0. The van der Waals surface area contributed by atoms with E-state index >= 15 is 0 Å². The van der Waals surface area contributed by atoms with E-state index in [0.29, 0.717) is 0 Å². The molecule has 0 radical (unpaired) electrons. The second-order valence-corrected chi connectivity index (χ2v) is 5.85. The first-order chi connectivity index (χ1) is 14.3. The second kappa shape index (κ2) is 23.5. The Morgan fingerprint density at radius 1 is 0.500 bits per heavy atom. The zero-order chi connectivity index (χ0) is 23.0. The maximum absolute atomic E-state index is 9.60. The van der Waals surface area contributed by atoms with Crippen molar-refractivity contribution >= 4 is 11.9 Å². The van der Waals surface area contributed by atoms with Crippen molar-refractivity contribution < 1.29 is 48.2 Å². The van der Waals surface area contributed by atoms with Gasteiger partial charge in [-0.3, -0.25) is 0 Å². The van der Waals surface area contributed by atoms with Gasteiger partial charge in [-0.1, -0.05) is 13.2 Å². The number of carbonyl (C=O) groups is 2. The molecular weight excluding hydrogens is 400 g/mol. The van der Waals surface area contributed by atoms with E-state index in [2.05, 4.69) is 41.6 Å². The van der Waals surface area contributed by atoms with E-state index in [9.17, 15) is 9.59 Å². The zero-order valence-electron chi connectivity index (χ0n) is 18.1. The number of carboxylic acids is 2. The summed E-state index contributed by atoms with van der Waals surface area (Å²) >= 11 is 0. The molecule has 176 valence electrons. The van der Waals surface area contributed by atoms with Crippen LogP contribution in [0, 0.1) is 0 Å². The Balaban J connectivity index is 0. The Morgan fingerprint density at radius 3 is 0.567 bits per heavy atom. The van der Waals surface area contributed by atoms with Crippen molar-refractivity contribution in [2.45, 2.75) is 13.8 Å². The minimum absolute atomic E-state index is 0.176. The lowest BCUT2D eigenvalue weighted by Crippen LogP contribution is -1.92. The summed E-state index contributed by atoms with van der Waals surface area (Å²) in [5, 5.41) is 15.8. The van der Waals surface area contributed by atoms with Crippen LogP contribution in [0.5, 0.6) is 0 Å². The minimum Gasteiger partial charge on any atom is -0.478 e. The normalized spacial score (nSPS) is 17.4. The van der Waals surface area contributed by atoms with Crippen LogP contribution in [-0.4, -0.2) is 101 Å². The Morgan fingerprint density at radius 2 is 0.567 bits per heavy atom. The summed E-state index contributed by atoms with van der Waals surface area (Å²) in [6, 6.07) is 0. The number of epoxide rings is 6. The van der Waals surface area contributed by atoms with Crippen molar-refractivity contribution in [2.24, 2.45) is 0 Å². The highest BCUT2D eigenvalue weighted by Gasteiger charge is 1.95. The quantitative estimate of drug-likeness (QED) is 0.480. The van der Waals surface area contributed by atoms with Crippen LogP contribution in [0.2, 0.25) is 0 Å². The van der Waals surface area contributed by atoms with Crippen LogP contribution < -0.4 is 0 Å². The predicted molar refractivity (Wildman–Crippen MR) is 110 cm³/mol. The third-order valence-corrected chi connectivity index (χ3v) is 1.95. The molecule has 0 aromatic carbocycles. The van der Waals surface area contributed by atoms with Gasteiger partial charge in [-0.25, -0.2) is 9.59 Å². The molecule has 0 saturated carbocycles.